The van der Waals surface area contributed by atoms with Gasteiger partial charge >= 0.3 is 0 Å². The summed E-state index contributed by atoms with van der Waals surface area (Å²) in [6, 6.07) is 16.3. The molecule has 0 bridgehead atoms. The summed E-state index contributed by atoms with van der Waals surface area (Å²) in [6.07, 6.45) is 1.61. The van der Waals surface area contributed by atoms with Crippen molar-refractivity contribution in [2.75, 3.05) is 17.7 Å². The molecule has 0 fully saturated rings. The SMILES string of the molecule is COc1cccc(Nc2ccc(C(=O)Nc3ccc(Cl)cc3C)nc2)c1. The van der Waals surface area contributed by atoms with Crippen LogP contribution in [0.5, 0.6) is 5.75 Å². The van der Waals surface area contributed by atoms with Crippen LogP contribution in [0.4, 0.5) is 17.1 Å². The molecule has 132 valence electrons. The number of aryl methyl sites for hydroxylation is 1. The van der Waals surface area contributed by atoms with Gasteiger partial charge in [-0.05, 0) is 55.0 Å². The van der Waals surface area contributed by atoms with Gasteiger partial charge in [0.1, 0.15) is 11.4 Å². The number of anilines is 3. The fourth-order valence-corrected chi connectivity index (χ4v) is 2.65. The van der Waals surface area contributed by atoms with Crippen molar-refractivity contribution in [3.05, 3.63) is 77.1 Å². The second-order valence-electron chi connectivity index (χ2n) is 5.70. The lowest BCUT2D eigenvalue weighted by Crippen LogP contribution is -2.14. The number of hydrogen-bond acceptors (Lipinski definition) is 4. The molecule has 3 rings (SSSR count). The average Bonchev–Trinajstić information content (AvgIpc) is 2.64. The number of rotatable bonds is 5. The molecule has 1 heterocycles. The topological polar surface area (TPSA) is 63.2 Å². The molecule has 0 saturated carbocycles. The van der Waals surface area contributed by atoms with Crippen molar-refractivity contribution in [2.24, 2.45) is 0 Å². The molecule has 0 aliphatic heterocycles. The van der Waals surface area contributed by atoms with E-state index >= 15 is 0 Å². The second kappa shape index (κ2) is 7.89. The molecule has 2 aromatic carbocycles. The summed E-state index contributed by atoms with van der Waals surface area (Å²) in [4.78, 5) is 16.6. The Morgan fingerprint density at radius 1 is 1.08 bits per heavy atom. The molecule has 0 atom stereocenters. The normalized spacial score (nSPS) is 10.3. The molecule has 26 heavy (non-hydrogen) atoms. The van der Waals surface area contributed by atoms with Gasteiger partial charge in [-0.1, -0.05) is 17.7 Å². The van der Waals surface area contributed by atoms with Crippen molar-refractivity contribution in [1.82, 2.24) is 4.98 Å². The molecule has 2 N–H and O–H groups in total. The van der Waals surface area contributed by atoms with Crippen LogP contribution in [0.2, 0.25) is 5.02 Å². The molecule has 0 radical (unpaired) electrons. The summed E-state index contributed by atoms with van der Waals surface area (Å²) in [5.41, 5.74) is 3.58. The van der Waals surface area contributed by atoms with Crippen molar-refractivity contribution >= 4 is 34.6 Å². The van der Waals surface area contributed by atoms with Crippen LogP contribution in [0.15, 0.2) is 60.8 Å². The van der Waals surface area contributed by atoms with E-state index in [0.29, 0.717) is 16.4 Å². The quantitative estimate of drug-likeness (QED) is 0.662. The van der Waals surface area contributed by atoms with Gasteiger partial charge in [0.25, 0.3) is 5.91 Å². The number of carbonyl (C=O) groups is 1. The summed E-state index contributed by atoms with van der Waals surface area (Å²) in [5.74, 6) is 0.487. The number of methoxy groups -OCH3 is 1. The lowest BCUT2D eigenvalue weighted by molar-refractivity contribution is 0.102. The van der Waals surface area contributed by atoms with Crippen LogP contribution >= 0.6 is 11.6 Å². The zero-order valence-corrected chi connectivity index (χ0v) is 15.2. The largest absolute Gasteiger partial charge is 0.497 e. The maximum Gasteiger partial charge on any atom is 0.274 e. The van der Waals surface area contributed by atoms with Gasteiger partial charge in [-0.2, -0.15) is 0 Å². The minimum absolute atomic E-state index is 0.275. The van der Waals surface area contributed by atoms with Crippen LogP contribution in [0.3, 0.4) is 0 Å². The molecular formula is C20H18ClN3O2. The van der Waals surface area contributed by atoms with Gasteiger partial charge in [-0.25, -0.2) is 4.98 Å². The lowest BCUT2D eigenvalue weighted by Gasteiger charge is -2.10. The number of hydrogen-bond donors (Lipinski definition) is 2. The fraction of sp³-hybridized carbons (Fsp3) is 0.100. The van der Waals surface area contributed by atoms with Crippen LogP contribution in [-0.4, -0.2) is 18.0 Å². The van der Waals surface area contributed by atoms with E-state index in [2.05, 4.69) is 15.6 Å². The van der Waals surface area contributed by atoms with Gasteiger partial charge in [0.2, 0.25) is 0 Å². The fourth-order valence-electron chi connectivity index (χ4n) is 2.42. The predicted octanol–water partition coefficient (Wildman–Crippen LogP) is 5.05. The third kappa shape index (κ3) is 4.32. The second-order valence-corrected chi connectivity index (χ2v) is 6.14. The summed E-state index contributed by atoms with van der Waals surface area (Å²) in [7, 11) is 1.62. The third-order valence-corrected chi connectivity index (χ3v) is 4.03. The summed E-state index contributed by atoms with van der Waals surface area (Å²) < 4.78 is 5.20. The first-order chi connectivity index (χ1) is 12.5. The van der Waals surface area contributed by atoms with E-state index in [1.807, 2.05) is 31.2 Å². The van der Waals surface area contributed by atoms with Crippen LogP contribution < -0.4 is 15.4 Å². The van der Waals surface area contributed by atoms with Gasteiger partial charge in [-0.3, -0.25) is 4.79 Å². The third-order valence-electron chi connectivity index (χ3n) is 3.79. The maximum atomic E-state index is 12.4. The molecule has 5 nitrogen and oxygen atoms in total. The number of carbonyl (C=O) groups excluding carboxylic acids is 1. The Morgan fingerprint density at radius 3 is 2.62 bits per heavy atom. The first-order valence-corrected chi connectivity index (χ1v) is 8.37. The number of ether oxygens (including phenoxy) is 1. The summed E-state index contributed by atoms with van der Waals surface area (Å²) in [5, 5.41) is 6.69. The summed E-state index contributed by atoms with van der Waals surface area (Å²) in [6.45, 7) is 1.88. The number of amides is 1. The van der Waals surface area contributed by atoms with Crippen molar-refractivity contribution in [2.45, 2.75) is 6.92 Å². The van der Waals surface area contributed by atoms with E-state index in [1.165, 1.54) is 0 Å². The molecule has 0 aliphatic rings. The van der Waals surface area contributed by atoms with E-state index in [0.717, 1.165) is 22.7 Å². The standard InChI is InChI=1S/C20H18ClN3O2/c1-13-10-14(21)6-8-18(13)24-20(25)19-9-7-16(12-22-19)23-15-4-3-5-17(11-15)26-2/h3-12,23H,1-2H3,(H,24,25). The molecular weight excluding hydrogens is 350 g/mol. The van der Waals surface area contributed by atoms with Crippen molar-refractivity contribution < 1.29 is 9.53 Å². The van der Waals surface area contributed by atoms with E-state index in [1.54, 1.807) is 43.6 Å². The molecule has 0 unspecified atom stereocenters. The highest BCUT2D eigenvalue weighted by molar-refractivity contribution is 6.30. The Hall–Kier alpha value is -3.05. The molecule has 1 aromatic heterocycles. The minimum Gasteiger partial charge on any atom is -0.497 e. The Bertz CT molecular complexity index is 927. The van der Waals surface area contributed by atoms with E-state index < -0.39 is 0 Å². The molecule has 1 amide bonds. The number of nitrogens with one attached hydrogen (secondary N) is 2. The van der Waals surface area contributed by atoms with Crippen molar-refractivity contribution in [3.8, 4) is 5.75 Å². The predicted molar refractivity (Wildman–Crippen MR) is 105 cm³/mol. The zero-order valence-electron chi connectivity index (χ0n) is 14.4. The van der Waals surface area contributed by atoms with Crippen LogP contribution in [0, 0.1) is 6.92 Å². The Labute approximate surface area is 157 Å². The van der Waals surface area contributed by atoms with Crippen LogP contribution in [-0.2, 0) is 0 Å². The molecule has 0 aliphatic carbocycles. The highest BCUT2D eigenvalue weighted by Crippen LogP contribution is 2.22. The van der Waals surface area contributed by atoms with Crippen molar-refractivity contribution in [3.63, 3.8) is 0 Å². The number of aromatic nitrogens is 1. The first kappa shape index (κ1) is 17.8. The molecule has 3 aromatic rings. The van der Waals surface area contributed by atoms with Gasteiger partial charge in [0.05, 0.1) is 19.0 Å². The lowest BCUT2D eigenvalue weighted by atomic mass is 10.2. The van der Waals surface area contributed by atoms with Gasteiger partial charge in [-0.15, -0.1) is 0 Å². The number of benzene rings is 2. The highest BCUT2D eigenvalue weighted by Gasteiger charge is 2.09. The molecule has 0 saturated heterocycles. The van der Waals surface area contributed by atoms with E-state index in [4.69, 9.17) is 16.3 Å². The number of pyridine rings is 1. The van der Waals surface area contributed by atoms with Gasteiger partial charge in [0, 0.05) is 22.5 Å². The maximum absolute atomic E-state index is 12.4. The average molecular weight is 368 g/mol. The van der Waals surface area contributed by atoms with E-state index in [-0.39, 0.29) is 5.91 Å². The Kier molecular flexibility index (Phi) is 5.39. The highest BCUT2D eigenvalue weighted by atomic mass is 35.5. The number of nitrogens with zero attached hydrogens (tertiary/aromatic N) is 1. The molecule has 6 heteroatoms. The van der Waals surface area contributed by atoms with Crippen LogP contribution in [0.1, 0.15) is 16.1 Å². The smallest absolute Gasteiger partial charge is 0.274 e. The van der Waals surface area contributed by atoms with E-state index in [9.17, 15) is 4.79 Å². The first-order valence-electron chi connectivity index (χ1n) is 8.00. The van der Waals surface area contributed by atoms with Crippen molar-refractivity contribution in [1.29, 1.82) is 0 Å². The Morgan fingerprint density at radius 2 is 1.92 bits per heavy atom. The summed E-state index contributed by atoms with van der Waals surface area (Å²) >= 11 is 5.93. The van der Waals surface area contributed by atoms with Crippen LogP contribution in [0.25, 0.3) is 0 Å². The zero-order chi connectivity index (χ0) is 18.5. The van der Waals surface area contributed by atoms with Gasteiger partial charge in [0.15, 0.2) is 0 Å². The van der Waals surface area contributed by atoms with Gasteiger partial charge < -0.3 is 15.4 Å². The minimum atomic E-state index is -0.275. The number of halogens is 1. The monoisotopic (exact) mass is 367 g/mol. The molecule has 0 spiro atoms. The Balaban J connectivity index is 1.69.